The monoisotopic (exact) mass is 684 g/mol. The summed E-state index contributed by atoms with van der Waals surface area (Å²) in [5.74, 6) is -0.462. The molecule has 0 unspecified atom stereocenters. The van der Waals surface area contributed by atoms with Crippen LogP contribution in [0.5, 0.6) is 5.75 Å². The molecule has 4 aromatic carbocycles. The largest absolute Gasteiger partial charge is 0.497 e. The van der Waals surface area contributed by atoms with E-state index in [4.69, 9.17) is 4.74 Å². The molecule has 0 spiro atoms. The van der Waals surface area contributed by atoms with Crippen molar-refractivity contribution >= 4 is 33.2 Å². The van der Waals surface area contributed by atoms with Gasteiger partial charge in [-0.25, -0.2) is 8.42 Å². The maximum Gasteiger partial charge on any atom is 0.273 e. The van der Waals surface area contributed by atoms with Crippen molar-refractivity contribution in [2.24, 2.45) is 0 Å². The molecule has 0 aliphatic heterocycles. The molecule has 1 saturated carbocycles. The van der Waals surface area contributed by atoms with E-state index in [1.54, 1.807) is 12.1 Å². The van der Waals surface area contributed by atoms with E-state index in [1.165, 1.54) is 43.2 Å². The van der Waals surface area contributed by atoms with Gasteiger partial charge in [-0.05, 0) is 61.2 Å². The van der Waals surface area contributed by atoms with Crippen LogP contribution in [-0.4, -0.2) is 55.8 Å². The van der Waals surface area contributed by atoms with E-state index >= 15 is 0 Å². The number of nitro groups is 1. The highest BCUT2D eigenvalue weighted by Crippen LogP contribution is 2.30. The average molecular weight is 685 g/mol. The molecular weight excluding hydrogens is 644 g/mol. The number of carbonyl (C=O) groups is 2. The van der Waals surface area contributed by atoms with Gasteiger partial charge < -0.3 is 15.0 Å². The predicted octanol–water partition coefficient (Wildman–Crippen LogP) is 5.81. The topological polar surface area (TPSA) is 139 Å². The standard InChI is InChI=1S/C37H40N4O7S/c1-27-17-22-33(24-34(27)41(44)45)49(46,47)40(31-18-20-32(48-2)21-19-31)26-36(42)39(25-29-13-7-4-8-14-29)35(23-28-11-5-3-6-12-28)37(43)38-30-15-9-10-16-30/h3-8,11-14,17-22,24,30,35H,9-10,15-16,23,25-26H2,1-2H3,(H,38,43)/t35-/m1/s1. The first kappa shape index (κ1) is 35.1. The second kappa shape index (κ2) is 15.8. The Morgan fingerprint density at radius 2 is 1.53 bits per heavy atom. The molecule has 2 amide bonds. The molecule has 0 radical (unpaired) electrons. The fourth-order valence-corrected chi connectivity index (χ4v) is 7.49. The first-order valence-corrected chi connectivity index (χ1v) is 17.6. The summed E-state index contributed by atoms with van der Waals surface area (Å²) < 4.78 is 34.9. The molecule has 0 aromatic heterocycles. The second-order valence-corrected chi connectivity index (χ2v) is 14.0. The Balaban J connectivity index is 1.58. The number of methoxy groups -OCH3 is 1. The normalized spacial score (nSPS) is 13.8. The Labute approximate surface area is 286 Å². The molecule has 49 heavy (non-hydrogen) atoms. The van der Waals surface area contributed by atoms with Crippen molar-refractivity contribution in [1.82, 2.24) is 10.2 Å². The van der Waals surface area contributed by atoms with E-state index in [2.05, 4.69) is 5.32 Å². The number of hydrogen-bond donors (Lipinski definition) is 1. The van der Waals surface area contributed by atoms with Crippen LogP contribution in [0.3, 0.4) is 0 Å². The van der Waals surface area contributed by atoms with Gasteiger partial charge in [0, 0.05) is 30.6 Å². The molecule has 4 aromatic rings. The van der Waals surface area contributed by atoms with Gasteiger partial charge in [0.1, 0.15) is 18.3 Å². The van der Waals surface area contributed by atoms with E-state index < -0.39 is 33.4 Å². The van der Waals surface area contributed by atoms with Crippen molar-refractivity contribution in [2.75, 3.05) is 18.0 Å². The van der Waals surface area contributed by atoms with Gasteiger partial charge in [-0.3, -0.25) is 24.0 Å². The van der Waals surface area contributed by atoms with E-state index in [-0.39, 0.29) is 41.2 Å². The van der Waals surface area contributed by atoms with Crippen LogP contribution in [0.2, 0.25) is 0 Å². The van der Waals surface area contributed by atoms with Gasteiger partial charge in [0.15, 0.2) is 0 Å². The number of nitro benzene ring substituents is 1. The lowest BCUT2D eigenvalue weighted by molar-refractivity contribution is -0.385. The molecule has 11 nitrogen and oxygen atoms in total. The number of sulfonamides is 1. The highest BCUT2D eigenvalue weighted by Gasteiger charge is 2.36. The fourth-order valence-electron chi connectivity index (χ4n) is 6.05. The second-order valence-electron chi connectivity index (χ2n) is 12.1. The molecule has 256 valence electrons. The third-order valence-electron chi connectivity index (χ3n) is 8.77. The van der Waals surface area contributed by atoms with Gasteiger partial charge in [0.25, 0.3) is 15.7 Å². The summed E-state index contributed by atoms with van der Waals surface area (Å²) in [4.78, 5) is 40.9. The van der Waals surface area contributed by atoms with Crippen molar-refractivity contribution in [1.29, 1.82) is 0 Å². The number of hydrogen-bond acceptors (Lipinski definition) is 7. The average Bonchev–Trinajstić information content (AvgIpc) is 3.62. The highest BCUT2D eigenvalue weighted by molar-refractivity contribution is 7.92. The van der Waals surface area contributed by atoms with Gasteiger partial charge in [-0.1, -0.05) is 79.6 Å². The summed E-state index contributed by atoms with van der Waals surface area (Å²) in [6, 6.07) is 27.4. The molecule has 1 atom stereocenters. The molecule has 1 fully saturated rings. The first-order chi connectivity index (χ1) is 23.6. The molecule has 0 heterocycles. The van der Waals surface area contributed by atoms with Crippen molar-refractivity contribution in [3.05, 3.63) is 130 Å². The van der Waals surface area contributed by atoms with Crippen LogP contribution in [0, 0.1) is 17.0 Å². The van der Waals surface area contributed by atoms with Crippen LogP contribution < -0.4 is 14.4 Å². The number of benzene rings is 4. The maximum absolute atomic E-state index is 14.6. The summed E-state index contributed by atoms with van der Waals surface area (Å²) >= 11 is 0. The summed E-state index contributed by atoms with van der Waals surface area (Å²) in [6.45, 7) is 0.886. The number of nitrogens with one attached hydrogen (secondary N) is 1. The zero-order valence-corrected chi connectivity index (χ0v) is 28.3. The fraction of sp³-hybridized carbons (Fsp3) is 0.297. The van der Waals surface area contributed by atoms with Crippen molar-refractivity contribution in [2.45, 2.75) is 62.6 Å². The molecule has 1 N–H and O–H groups in total. The zero-order chi connectivity index (χ0) is 35.0. The number of aryl methyl sites for hydroxylation is 1. The van der Waals surface area contributed by atoms with E-state index in [9.17, 15) is 28.1 Å². The third kappa shape index (κ3) is 8.63. The minimum atomic E-state index is -4.53. The first-order valence-electron chi connectivity index (χ1n) is 16.2. The van der Waals surface area contributed by atoms with E-state index in [0.29, 0.717) is 11.3 Å². The number of anilines is 1. The van der Waals surface area contributed by atoms with Gasteiger partial charge in [0.2, 0.25) is 11.8 Å². The summed E-state index contributed by atoms with van der Waals surface area (Å²) in [7, 11) is -3.06. The smallest absolute Gasteiger partial charge is 0.273 e. The Morgan fingerprint density at radius 1 is 0.918 bits per heavy atom. The summed E-state index contributed by atoms with van der Waals surface area (Å²) in [5, 5.41) is 14.9. The molecule has 0 saturated heterocycles. The van der Waals surface area contributed by atoms with E-state index in [1.807, 2.05) is 60.7 Å². The third-order valence-corrected chi connectivity index (χ3v) is 10.5. The van der Waals surface area contributed by atoms with Gasteiger partial charge in [-0.2, -0.15) is 0 Å². The van der Waals surface area contributed by atoms with E-state index in [0.717, 1.165) is 47.2 Å². The highest BCUT2D eigenvalue weighted by atomic mass is 32.2. The Hall–Kier alpha value is -5.23. The summed E-state index contributed by atoms with van der Waals surface area (Å²) in [6.07, 6.45) is 3.92. The number of carbonyl (C=O) groups excluding carboxylic acids is 2. The lowest BCUT2D eigenvalue weighted by Crippen LogP contribution is -2.54. The predicted molar refractivity (Wildman–Crippen MR) is 187 cm³/mol. The molecule has 1 aliphatic carbocycles. The maximum atomic E-state index is 14.6. The van der Waals surface area contributed by atoms with Crippen LogP contribution in [0.25, 0.3) is 0 Å². The quantitative estimate of drug-likeness (QED) is 0.131. The van der Waals surface area contributed by atoms with Crippen molar-refractivity contribution in [3.63, 3.8) is 0 Å². The van der Waals surface area contributed by atoms with Gasteiger partial charge in [-0.15, -0.1) is 0 Å². The van der Waals surface area contributed by atoms with Crippen molar-refractivity contribution in [3.8, 4) is 5.75 Å². The lowest BCUT2D eigenvalue weighted by Gasteiger charge is -2.34. The van der Waals surface area contributed by atoms with Crippen LogP contribution in [-0.2, 0) is 32.6 Å². The molecular formula is C37H40N4O7S. The van der Waals surface area contributed by atoms with Crippen molar-refractivity contribution < 1.29 is 27.7 Å². The molecule has 1 aliphatic rings. The molecule has 0 bridgehead atoms. The number of ether oxygens (including phenoxy) is 1. The van der Waals surface area contributed by atoms with Crippen LogP contribution >= 0.6 is 0 Å². The van der Waals surface area contributed by atoms with Crippen LogP contribution in [0.15, 0.2) is 108 Å². The number of amides is 2. The zero-order valence-electron chi connectivity index (χ0n) is 27.5. The molecule has 5 rings (SSSR count). The Kier molecular flexibility index (Phi) is 11.3. The van der Waals surface area contributed by atoms with Gasteiger partial charge in [0.05, 0.1) is 22.6 Å². The summed E-state index contributed by atoms with van der Waals surface area (Å²) in [5.41, 5.74) is 1.68. The number of nitrogens with zero attached hydrogens (tertiary/aromatic N) is 3. The Bertz CT molecular complexity index is 1860. The van der Waals surface area contributed by atoms with Crippen LogP contribution in [0.1, 0.15) is 42.4 Å². The van der Waals surface area contributed by atoms with Gasteiger partial charge >= 0.3 is 0 Å². The number of rotatable bonds is 14. The molecule has 12 heteroatoms. The Morgan fingerprint density at radius 3 is 2.12 bits per heavy atom. The van der Waals surface area contributed by atoms with Crippen LogP contribution in [0.4, 0.5) is 11.4 Å². The SMILES string of the molecule is COc1ccc(N(CC(=O)N(Cc2ccccc2)[C@H](Cc2ccccc2)C(=O)NC2CCCC2)S(=O)(=O)c2ccc(C)c([N+](=O)[O-])c2)cc1. The minimum absolute atomic E-state index is 0.00652. The minimum Gasteiger partial charge on any atom is -0.497 e. The lowest BCUT2D eigenvalue weighted by atomic mass is 10.0.